The number of aromatic amines is 2. The predicted octanol–water partition coefficient (Wildman–Crippen LogP) is 5.00. The number of methoxy groups -OCH3 is 1. The molecule has 294 valence electrons. The van der Waals surface area contributed by atoms with Crippen molar-refractivity contribution in [1.29, 1.82) is 0 Å². The van der Waals surface area contributed by atoms with Gasteiger partial charge in [-0.05, 0) is 124 Å². The van der Waals surface area contributed by atoms with E-state index in [1.54, 1.807) is 0 Å². The minimum absolute atomic E-state index is 0.0506. The number of terminal acetylenes is 1. The van der Waals surface area contributed by atoms with Crippen LogP contribution in [0.5, 0.6) is 0 Å². The highest BCUT2D eigenvalue weighted by molar-refractivity contribution is 5.88. The monoisotopic (exact) mass is 750 g/mol. The van der Waals surface area contributed by atoms with Gasteiger partial charge < -0.3 is 40.3 Å². The number of carbonyl (C=O) groups is 2. The Hall–Kier alpha value is -4.72. The number of aliphatic hydroxyl groups excluding tert-OH is 2. The number of hydrogen-bond donors (Lipinski definition) is 6. The van der Waals surface area contributed by atoms with Crippen LogP contribution in [0.15, 0.2) is 40.4 Å². The second-order valence-corrected chi connectivity index (χ2v) is 16.0. The van der Waals surface area contributed by atoms with E-state index in [4.69, 9.17) is 15.9 Å². The van der Waals surface area contributed by atoms with Crippen LogP contribution in [0, 0.1) is 55.8 Å². The fourth-order valence-electron chi connectivity index (χ4n) is 9.04. The maximum Gasteiger partial charge on any atom is 0.315 e. The largest absolute Gasteiger partial charge is 0.468 e. The van der Waals surface area contributed by atoms with E-state index < -0.39 is 24.0 Å². The number of rotatable bonds is 12. The standard InChI is InChI=1S/C45H58N4O6/c1-10-29-25(5)32-19-34-27(7)31(15-16-38(51)55-18-17-23(3)13-12-14-24(4)22-50)42(48-34)40-41(45(53)54-9)44(52)39-28(8)35(49-43(39)40)21-37-30(11-2)26(6)33(47-37)20-36(29)46-32/h1,17,19-21,24,27,29,31,41-42,44,46-50,52H,11-16,18,22H2,2-9H3/b23-17-,34-19-,35-21-,36-20-/t24-,27-,29-,31-,41+,42?,44+/m0/s1. The van der Waals surface area contributed by atoms with Crippen LogP contribution >= 0.6 is 0 Å². The lowest BCUT2D eigenvalue weighted by Gasteiger charge is -2.27. The third-order valence-electron chi connectivity index (χ3n) is 12.5. The zero-order valence-electron chi connectivity index (χ0n) is 33.6. The summed E-state index contributed by atoms with van der Waals surface area (Å²) in [6.45, 7) is 14.9. The van der Waals surface area contributed by atoms with Gasteiger partial charge in [-0.2, -0.15) is 0 Å². The van der Waals surface area contributed by atoms with Gasteiger partial charge in [0, 0.05) is 63.7 Å². The number of H-pyrrole nitrogens is 2. The van der Waals surface area contributed by atoms with Gasteiger partial charge in [0.05, 0.1) is 25.2 Å². The fraction of sp³-hybridized carbons (Fsp3) is 0.511. The van der Waals surface area contributed by atoms with Crippen LogP contribution < -0.4 is 21.3 Å². The van der Waals surface area contributed by atoms with Crippen LogP contribution in [0.4, 0.5) is 0 Å². The molecule has 0 radical (unpaired) electrons. The Morgan fingerprint density at radius 2 is 1.84 bits per heavy atom. The van der Waals surface area contributed by atoms with Gasteiger partial charge in [0.1, 0.15) is 12.5 Å². The Balaban J connectivity index is 1.42. The van der Waals surface area contributed by atoms with E-state index in [1.807, 2.05) is 26.8 Å². The van der Waals surface area contributed by atoms with Crippen LogP contribution in [-0.2, 0) is 25.5 Å². The molecule has 1 unspecified atom stereocenters. The molecule has 1 aliphatic carbocycles. The zero-order chi connectivity index (χ0) is 39.7. The molecule has 1 fully saturated rings. The zero-order valence-corrected chi connectivity index (χ0v) is 33.6. The van der Waals surface area contributed by atoms with Gasteiger partial charge in [0.15, 0.2) is 0 Å². The summed E-state index contributed by atoms with van der Waals surface area (Å²) in [7, 11) is 1.35. The number of esters is 2. The van der Waals surface area contributed by atoms with E-state index in [2.05, 4.69) is 72.4 Å². The highest BCUT2D eigenvalue weighted by Crippen LogP contribution is 2.45. The molecule has 0 aromatic carbocycles. The predicted molar refractivity (Wildman–Crippen MR) is 215 cm³/mol. The van der Waals surface area contributed by atoms with Crippen molar-refractivity contribution in [3.8, 4) is 12.3 Å². The molecular formula is C45H58N4O6. The van der Waals surface area contributed by atoms with Crippen molar-refractivity contribution in [1.82, 2.24) is 20.6 Å². The van der Waals surface area contributed by atoms with Crippen molar-refractivity contribution in [2.75, 3.05) is 20.3 Å². The maximum atomic E-state index is 13.6. The summed E-state index contributed by atoms with van der Waals surface area (Å²) in [5, 5.41) is 30.2. The highest BCUT2D eigenvalue weighted by Gasteiger charge is 2.49. The summed E-state index contributed by atoms with van der Waals surface area (Å²) < 4.78 is 11.0. The number of aliphatic hydroxyl groups is 2. The molecule has 0 amide bonds. The molecule has 10 nitrogen and oxygen atoms in total. The third kappa shape index (κ3) is 7.61. The van der Waals surface area contributed by atoms with E-state index in [-0.39, 0.29) is 49.3 Å². The van der Waals surface area contributed by atoms with Crippen molar-refractivity contribution in [2.24, 2.45) is 29.6 Å². The summed E-state index contributed by atoms with van der Waals surface area (Å²) in [5.74, 6) is 1.13. The van der Waals surface area contributed by atoms with Gasteiger partial charge in [-0.3, -0.25) is 9.59 Å². The Morgan fingerprint density at radius 3 is 2.53 bits per heavy atom. The van der Waals surface area contributed by atoms with E-state index in [9.17, 15) is 19.8 Å². The van der Waals surface area contributed by atoms with E-state index in [0.29, 0.717) is 12.0 Å². The smallest absolute Gasteiger partial charge is 0.315 e. The fourth-order valence-corrected chi connectivity index (χ4v) is 9.04. The molecule has 6 N–H and O–H groups in total. The second kappa shape index (κ2) is 16.6. The van der Waals surface area contributed by atoms with E-state index in [0.717, 1.165) is 92.7 Å². The number of ether oxygens (including phenoxy) is 2. The normalized spacial score (nSPS) is 27.3. The molecule has 0 saturated carbocycles. The molecule has 8 bridgehead atoms. The molecule has 4 aliphatic rings. The highest BCUT2D eigenvalue weighted by atomic mass is 16.5. The van der Waals surface area contributed by atoms with Crippen LogP contribution in [0.25, 0.3) is 17.7 Å². The van der Waals surface area contributed by atoms with Crippen molar-refractivity contribution < 1.29 is 29.3 Å². The number of allylic oxidation sites excluding steroid dienone is 4. The lowest BCUT2D eigenvalue weighted by molar-refractivity contribution is -0.147. The quantitative estimate of drug-likeness (QED) is 0.101. The summed E-state index contributed by atoms with van der Waals surface area (Å²) in [6, 6.07) is -0.400. The number of fused-ring (bicyclic) bond motifs is 8. The summed E-state index contributed by atoms with van der Waals surface area (Å²) in [6.07, 6.45) is 17.6. The number of nitrogens with one attached hydrogen (secondary N) is 4. The van der Waals surface area contributed by atoms with E-state index in [1.165, 1.54) is 12.7 Å². The SMILES string of the molecule is C#C[C@H]1C(C)=C2/C=C3\NC(C4=c5[nH]/c(c(C)c5[C@@H](O)[C@@H]4C(=O)OC)=C\c4[nH]c(c(C)c4CC)/C=C/1N2)[C@@H](CCC(=O)OC/C=C(/C)CCC[C@H](C)CO)[C@@H]3C. The van der Waals surface area contributed by atoms with Gasteiger partial charge >= 0.3 is 11.9 Å². The second-order valence-electron chi connectivity index (χ2n) is 16.0. The van der Waals surface area contributed by atoms with Crippen molar-refractivity contribution in [3.05, 3.63) is 84.7 Å². The molecule has 5 heterocycles. The minimum Gasteiger partial charge on any atom is -0.468 e. The molecule has 2 aromatic rings. The number of carbonyl (C=O) groups excluding carboxylic acids is 2. The van der Waals surface area contributed by atoms with Gasteiger partial charge in [-0.1, -0.05) is 32.3 Å². The molecule has 2 aromatic heterocycles. The Labute approximate surface area is 324 Å². The molecule has 0 spiro atoms. The average Bonchev–Trinajstić information content (AvgIpc) is 3.90. The first kappa shape index (κ1) is 40.0. The van der Waals surface area contributed by atoms with Crippen molar-refractivity contribution in [3.63, 3.8) is 0 Å². The van der Waals surface area contributed by atoms with Crippen LogP contribution in [-0.4, -0.2) is 58.5 Å². The van der Waals surface area contributed by atoms with Gasteiger partial charge in [0.2, 0.25) is 0 Å². The van der Waals surface area contributed by atoms with Gasteiger partial charge in [-0.15, -0.1) is 6.42 Å². The number of aromatic nitrogens is 2. The van der Waals surface area contributed by atoms with Gasteiger partial charge in [0.25, 0.3) is 0 Å². The number of hydrogen-bond acceptors (Lipinski definition) is 8. The lowest BCUT2D eigenvalue weighted by Crippen LogP contribution is -2.37. The van der Waals surface area contributed by atoms with Crippen molar-refractivity contribution in [2.45, 2.75) is 99.1 Å². The molecule has 55 heavy (non-hydrogen) atoms. The Morgan fingerprint density at radius 1 is 1.07 bits per heavy atom. The third-order valence-corrected chi connectivity index (χ3v) is 12.5. The van der Waals surface area contributed by atoms with Crippen molar-refractivity contribution >= 4 is 29.7 Å². The first-order chi connectivity index (χ1) is 26.3. The summed E-state index contributed by atoms with van der Waals surface area (Å²) in [5.41, 5.74) is 11.5. The molecule has 7 atom stereocenters. The van der Waals surface area contributed by atoms with Crippen LogP contribution in [0.3, 0.4) is 0 Å². The molecule has 10 heteroatoms. The Bertz CT molecular complexity index is 2140. The van der Waals surface area contributed by atoms with Crippen LogP contribution in [0.1, 0.15) is 106 Å². The average molecular weight is 751 g/mol. The topological polar surface area (TPSA) is 149 Å². The Kier molecular flexibility index (Phi) is 12.0. The summed E-state index contributed by atoms with van der Waals surface area (Å²) in [4.78, 5) is 34.1. The van der Waals surface area contributed by atoms with Crippen LogP contribution in [0.2, 0.25) is 0 Å². The first-order valence-electron chi connectivity index (χ1n) is 19.8. The lowest BCUT2D eigenvalue weighted by atomic mass is 9.80. The molecular weight excluding hydrogens is 693 g/mol. The molecule has 3 aliphatic heterocycles. The maximum absolute atomic E-state index is 13.6. The molecule has 1 saturated heterocycles. The summed E-state index contributed by atoms with van der Waals surface area (Å²) >= 11 is 0. The first-order valence-corrected chi connectivity index (χ1v) is 19.8. The molecule has 6 rings (SSSR count). The van der Waals surface area contributed by atoms with E-state index >= 15 is 0 Å². The van der Waals surface area contributed by atoms with Gasteiger partial charge in [-0.25, -0.2) is 0 Å². The minimum atomic E-state index is -1.11.